The van der Waals surface area contributed by atoms with Crippen LogP contribution in [0.1, 0.15) is 31.4 Å². The van der Waals surface area contributed by atoms with E-state index in [4.69, 9.17) is 5.73 Å². The zero-order valence-corrected chi connectivity index (χ0v) is 16.1. The summed E-state index contributed by atoms with van der Waals surface area (Å²) in [6, 6.07) is 15.6. The van der Waals surface area contributed by atoms with Crippen molar-refractivity contribution in [2.75, 3.05) is 15.8 Å². The average molecular weight is 398 g/mol. The summed E-state index contributed by atoms with van der Waals surface area (Å²) in [5, 5.41) is 2.76. The van der Waals surface area contributed by atoms with Crippen molar-refractivity contribution in [2.24, 2.45) is 5.73 Å². The molecule has 0 aliphatic carbocycles. The summed E-state index contributed by atoms with van der Waals surface area (Å²) in [7, 11) is -3.32. The van der Waals surface area contributed by atoms with Crippen LogP contribution in [-0.4, -0.2) is 20.1 Å². The maximum atomic E-state index is 12.1. The molecular weight excluding hydrogens is 374 g/mol. The van der Waals surface area contributed by atoms with E-state index in [1.165, 1.54) is 0 Å². The van der Waals surface area contributed by atoms with Crippen LogP contribution in [0.4, 0.5) is 11.4 Å². The second kappa shape index (κ2) is 10.2. The van der Waals surface area contributed by atoms with Crippen LogP contribution in [0.15, 0.2) is 54.6 Å². The molecule has 1 amide bonds. The Bertz CT molecular complexity index is 796. The Balaban J connectivity index is 0.00000338. The molecule has 0 fully saturated rings. The van der Waals surface area contributed by atoms with E-state index in [0.29, 0.717) is 17.8 Å². The predicted molar refractivity (Wildman–Crippen MR) is 108 cm³/mol. The molecule has 0 saturated heterocycles. The summed E-state index contributed by atoms with van der Waals surface area (Å²) in [5.41, 5.74) is 7.99. The summed E-state index contributed by atoms with van der Waals surface area (Å²) in [6.07, 6.45) is 0.708. The number of sulfonamides is 1. The van der Waals surface area contributed by atoms with Gasteiger partial charge in [0, 0.05) is 23.8 Å². The first-order chi connectivity index (χ1) is 11.9. The quantitative estimate of drug-likeness (QED) is 0.636. The van der Waals surface area contributed by atoms with E-state index < -0.39 is 10.0 Å². The van der Waals surface area contributed by atoms with Crippen molar-refractivity contribution in [3.05, 3.63) is 60.2 Å². The molecule has 142 valence electrons. The lowest BCUT2D eigenvalue weighted by Crippen LogP contribution is -2.20. The third kappa shape index (κ3) is 7.03. The fourth-order valence-electron chi connectivity index (χ4n) is 2.35. The molecule has 6 nitrogen and oxygen atoms in total. The minimum Gasteiger partial charge on any atom is -0.326 e. The largest absolute Gasteiger partial charge is 0.326 e. The molecule has 0 bridgehead atoms. The number of anilines is 2. The third-order valence-corrected chi connectivity index (χ3v) is 5.04. The maximum absolute atomic E-state index is 12.1. The SMILES string of the molecule is CCCS(=O)(=O)Nc1ccc(NC(=O)CC(N)c2ccccc2)cc1.Cl. The predicted octanol–water partition coefficient (Wildman–Crippen LogP) is 3.29. The molecule has 2 aromatic carbocycles. The Morgan fingerprint density at radius 2 is 1.62 bits per heavy atom. The van der Waals surface area contributed by atoms with Gasteiger partial charge in [-0.1, -0.05) is 37.3 Å². The number of carbonyl (C=O) groups excluding carboxylic acids is 1. The van der Waals surface area contributed by atoms with Gasteiger partial charge in [-0.05, 0) is 36.2 Å². The monoisotopic (exact) mass is 397 g/mol. The summed E-state index contributed by atoms with van der Waals surface area (Å²) < 4.78 is 25.9. The number of nitrogens with one attached hydrogen (secondary N) is 2. The van der Waals surface area contributed by atoms with Crippen LogP contribution in [0.5, 0.6) is 0 Å². The van der Waals surface area contributed by atoms with Gasteiger partial charge >= 0.3 is 0 Å². The first-order valence-electron chi connectivity index (χ1n) is 8.10. The zero-order chi connectivity index (χ0) is 18.3. The van der Waals surface area contributed by atoms with E-state index in [1.54, 1.807) is 31.2 Å². The van der Waals surface area contributed by atoms with E-state index in [0.717, 1.165) is 5.56 Å². The zero-order valence-electron chi connectivity index (χ0n) is 14.5. The van der Waals surface area contributed by atoms with Crippen molar-refractivity contribution in [1.29, 1.82) is 0 Å². The molecule has 0 aliphatic rings. The minimum atomic E-state index is -3.32. The highest BCUT2D eigenvalue weighted by Crippen LogP contribution is 2.17. The van der Waals surface area contributed by atoms with Crippen LogP contribution in [-0.2, 0) is 14.8 Å². The van der Waals surface area contributed by atoms with Gasteiger partial charge in [-0.25, -0.2) is 8.42 Å². The summed E-state index contributed by atoms with van der Waals surface area (Å²) in [6.45, 7) is 1.80. The number of benzene rings is 2. The molecular formula is C18H24ClN3O3S. The van der Waals surface area contributed by atoms with Gasteiger partial charge in [0.2, 0.25) is 15.9 Å². The first kappa shape index (κ1) is 22.0. The fraction of sp³-hybridized carbons (Fsp3) is 0.278. The third-order valence-electron chi connectivity index (χ3n) is 3.55. The molecule has 0 radical (unpaired) electrons. The molecule has 2 aromatic rings. The molecule has 4 N–H and O–H groups in total. The molecule has 1 atom stereocenters. The number of hydrogen-bond acceptors (Lipinski definition) is 4. The number of amides is 1. The van der Waals surface area contributed by atoms with E-state index in [9.17, 15) is 13.2 Å². The van der Waals surface area contributed by atoms with Crippen LogP contribution in [0, 0.1) is 0 Å². The number of halogens is 1. The molecule has 0 saturated carbocycles. The molecule has 8 heteroatoms. The number of hydrogen-bond donors (Lipinski definition) is 3. The van der Waals surface area contributed by atoms with Gasteiger partial charge < -0.3 is 11.1 Å². The summed E-state index contributed by atoms with van der Waals surface area (Å²) in [5.74, 6) is -0.126. The fourth-order valence-corrected chi connectivity index (χ4v) is 3.49. The van der Waals surface area contributed by atoms with Gasteiger partial charge in [0.05, 0.1) is 5.75 Å². The smallest absolute Gasteiger partial charge is 0.232 e. The lowest BCUT2D eigenvalue weighted by atomic mass is 10.0. The highest BCUT2D eigenvalue weighted by Gasteiger charge is 2.12. The number of rotatable bonds is 8. The normalized spacial score (nSPS) is 11.9. The Morgan fingerprint density at radius 3 is 2.19 bits per heavy atom. The van der Waals surface area contributed by atoms with E-state index in [-0.39, 0.29) is 36.5 Å². The van der Waals surface area contributed by atoms with Crippen molar-refractivity contribution in [2.45, 2.75) is 25.8 Å². The highest BCUT2D eigenvalue weighted by atomic mass is 35.5. The van der Waals surface area contributed by atoms with Crippen LogP contribution in [0.3, 0.4) is 0 Å². The van der Waals surface area contributed by atoms with Gasteiger partial charge in [-0.3, -0.25) is 9.52 Å². The van der Waals surface area contributed by atoms with Gasteiger partial charge in [0.1, 0.15) is 0 Å². The maximum Gasteiger partial charge on any atom is 0.232 e. The molecule has 0 aromatic heterocycles. The van der Waals surface area contributed by atoms with Crippen molar-refractivity contribution < 1.29 is 13.2 Å². The van der Waals surface area contributed by atoms with Crippen LogP contribution in [0.25, 0.3) is 0 Å². The minimum absolute atomic E-state index is 0. The van der Waals surface area contributed by atoms with Gasteiger partial charge in [0.15, 0.2) is 0 Å². The highest BCUT2D eigenvalue weighted by molar-refractivity contribution is 7.92. The average Bonchev–Trinajstić information content (AvgIpc) is 2.57. The van der Waals surface area contributed by atoms with E-state index >= 15 is 0 Å². The van der Waals surface area contributed by atoms with Gasteiger partial charge in [0.25, 0.3) is 0 Å². The Hall–Kier alpha value is -2.09. The summed E-state index contributed by atoms with van der Waals surface area (Å²) in [4.78, 5) is 12.1. The Morgan fingerprint density at radius 1 is 1.04 bits per heavy atom. The van der Waals surface area contributed by atoms with Gasteiger partial charge in [-0.15, -0.1) is 12.4 Å². The van der Waals surface area contributed by atoms with Crippen LogP contribution in [0.2, 0.25) is 0 Å². The second-order valence-corrected chi connectivity index (χ2v) is 7.61. The van der Waals surface area contributed by atoms with Crippen molar-refractivity contribution >= 4 is 39.7 Å². The Labute approximate surface area is 160 Å². The number of nitrogens with two attached hydrogens (primary N) is 1. The molecule has 0 heterocycles. The van der Waals surface area contributed by atoms with Gasteiger partial charge in [-0.2, -0.15) is 0 Å². The first-order valence-corrected chi connectivity index (χ1v) is 9.76. The van der Waals surface area contributed by atoms with Crippen LogP contribution >= 0.6 is 12.4 Å². The molecule has 0 aliphatic heterocycles. The number of carbonyl (C=O) groups is 1. The molecule has 2 rings (SSSR count). The van der Waals surface area contributed by atoms with Crippen molar-refractivity contribution in [3.8, 4) is 0 Å². The second-order valence-electron chi connectivity index (χ2n) is 5.77. The van der Waals surface area contributed by atoms with Crippen molar-refractivity contribution in [1.82, 2.24) is 0 Å². The van der Waals surface area contributed by atoms with E-state index in [2.05, 4.69) is 10.0 Å². The standard InChI is InChI=1S/C18H23N3O3S.ClH/c1-2-12-25(23,24)21-16-10-8-15(9-11-16)20-18(22)13-17(19)14-6-4-3-5-7-14;/h3-11,17,21H,2,12-13,19H2,1H3,(H,20,22);1H. The molecule has 26 heavy (non-hydrogen) atoms. The lowest BCUT2D eigenvalue weighted by Gasteiger charge is -2.12. The van der Waals surface area contributed by atoms with E-state index in [1.807, 2.05) is 30.3 Å². The van der Waals surface area contributed by atoms with Crippen LogP contribution < -0.4 is 15.8 Å². The molecule has 0 spiro atoms. The Kier molecular flexibility index (Phi) is 8.57. The summed E-state index contributed by atoms with van der Waals surface area (Å²) >= 11 is 0. The molecule has 1 unspecified atom stereocenters. The van der Waals surface area contributed by atoms with Crippen molar-refractivity contribution in [3.63, 3.8) is 0 Å². The topological polar surface area (TPSA) is 101 Å². The lowest BCUT2D eigenvalue weighted by molar-refractivity contribution is -0.116.